The van der Waals surface area contributed by atoms with E-state index >= 15 is 0 Å². The zero-order valence-electron chi connectivity index (χ0n) is 17.4. The Balaban J connectivity index is 1.77. The van der Waals surface area contributed by atoms with E-state index in [0.717, 1.165) is 22.6 Å². The molecule has 1 fully saturated rings. The second-order valence-corrected chi connectivity index (χ2v) is 8.34. The van der Waals surface area contributed by atoms with Gasteiger partial charge in [0.2, 0.25) is 0 Å². The molecule has 1 N–H and O–H groups in total. The van der Waals surface area contributed by atoms with Crippen LogP contribution in [0.3, 0.4) is 0 Å². The van der Waals surface area contributed by atoms with E-state index in [1.54, 1.807) is 4.68 Å². The van der Waals surface area contributed by atoms with Gasteiger partial charge in [-0.15, -0.1) is 5.10 Å². The topological polar surface area (TPSA) is 72.7 Å². The standard InChI is InChI=1S/C23H27N5O/c1-14(2)22-25-26-27-28(22)21-12-19(18-7-5-15(3)6-8-18)11-20(13-21)23(29)24-16(4)17-9-10-17/h5-8,11-14,16-17H,9-10H2,1-4H3,(H,24,29). The van der Waals surface area contributed by atoms with Gasteiger partial charge in [0, 0.05) is 17.5 Å². The van der Waals surface area contributed by atoms with Crippen molar-refractivity contribution in [2.45, 2.75) is 52.5 Å². The van der Waals surface area contributed by atoms with E-state index in [0.29, 0.717) is 11.5 Å². The molecule has 0 saturated heterocycles. The number of hydrogen-bond acceptors (Lipinski definition) is 4. The van der Waals surface area contributed by atoms with Gasteiger partial charge < -0.3 is 5.32 Å². The van der Waals surface area contributed by atoms with E-state index in [9.17, 15) is 4.79 Å². The highest BCUT2D eigenvalue weighted by molar-refractivity contribution is 5.96. The van der Waals surface area contributed by atoms with Gasteiger partial charge in [-0.2, -0.15) is 4.68 Å². The van der Waals surface area contributed by atoms with Crippen molar-refractivity contribution < 1.29 is 4.79 Å². The van der Waals surface area contributed by atoms with E-state index in [1.807, 2.05) is 18.2 Å². The van der Waals surface area contributed by atoms with Crippen LogP contribution in [0.4, 0.5) is 0 Å². The molecule has 6 nitrogen and oxygen atoms in total. The van der Waals surface area contributed by atoms with E-state index in [1.165, 1.54) is 18.4 Å². The van der Waals surface area contributed by atoms with Gasteiger partial charge >= 0.3 is 0 Å². The second kappa shape index (κ2) is 7.78. The zero-order chi connectivity index (χ0) is 20.5. The molecule has 29 heavy (non-hydrogen) atoms. The molecule has 1 atom stereocenters. The number of aromatic nitrogens is 4. The third-order valence-corrected chi connectivity index (χ3v) is 5.51. The van der Waals surface area contributed by atoms with Crippen molar-refractivity contribution in [3.63, 3.8) is 0 Å². The van der Waals surface area contributed by atoms with Crippen molar-refractivity contribution in [2.24, 2.45) is 5.92 Å². The summed E-state index contributed by atoms with van der Waals surface area (Å²) in [6.07, 6.45) is 2.39. The largest absolute Gasteiger partial charge is 0.349 e. The minimum Gasteiger partial charge on any atom is -0.349 e. The molecule has 1 aromatic heterocycles. The molecular weight excluding hydrogens is 362 g/mol. The molecule has 0 aliphatic heterocycles. The molecular formula is C23H27N5O. The predicted octanol–water partition coefficient (Wildman–Crippen LogP) is 4.29. The van der Waals surface area contributed by atoms with Crippen molar-refractivity contribution >= 4 is 5.91 Å². The Bertz CT molecular complexity index is 1020. The van der Waals surface area contributed by atoms with Crippen LogP contribution in [0.5, 0.6) is 0 Å². The van der Waals surface area contributed by atoms with Crippen LogP contribution in [0.1, 0.15) is 61.3 Å². The maximum absolute atomic E-state index is 13.0. The molecule has 0 radical (unpaired) electrons. The summed E-state index contributed by atoms with van der Waals surface area (Å²) < 4.78 is 1.73. The molecule has 150 valence electrons. The summed E-state index contributed by atoms with van der Waals surface area (Å²) in [6, 6.07) is 14.3. The van der Waals surface area contributed by atoms with Crippen LogP contribution in [0.15, 0.2) is 42.5 Å². The third-order valence-electron chi connectivity index (χ3n) is 5.51. The summed E-state index contributed by atoms with van der Waals surface area (Å²) in [6.45, 7) is 8.25. The highest BCUT2D eigenvalue weighted by Crippen LogP contribution is 2.32. The maximum atomic E-state index is 13.0. The average molecular weight is 390 g/mol. The van der Waals surface area contributed by atoms with E-state index in [-0.39, 0.29) is 17.9 Å². The first-order valence-electron chi connectivity index (χ1n) is 10.2. The van der Waals surface area contributed by atoms with Crippen LogP contribution in [-0.2, 0) is 0 Å². The zero-order valence-corrected chi connectivity index (χ0v) is 17.4. The SMILES string of the molecule is Cc1ccc(-c2cc(C(=O)NC(C)C3CC3)cc(-n3nnnc3C(C)C)c2)cc1. The van der Waals surface area contributed by atoms with E-state index in [2.05, 4.69) is 72.8 Å². The lowest BCUT2D eigenvalue weighted by Crippen LogP contribution is -2.34. The van der Waals surface area contributed by atoms with Gasteiger partial charge in [0.05, 0.1) is 5.69 Å². The summed E-state index contributed by atoms with van der Waals surface area (Å²) >= 11 is 0. The molecule has 0 spiro atoms. The maximum Gasteiger partial charge on any atom is 0.251 e. The molecule has 1 amide bonds. The van der Waals surface area contributed by atoms with Crippen LogP contribution < -0.4 is 5.32 Å². The number of hydrogen-bond donors (Lipinski definition) is 1. The second-order valence-electron chi connectivity index (χ2n) is 8.34. The third kappa shape index (κ3) is 4.21. The first kappa shape index (κ1) is 19.3. The number of rotatable bonds is 6. The van der Waals surface area contributed by atoms with E-state index in [4.69, 9.17) is 0 Å². The summed E-state index contributed by atoms with van der Waals surface area (Å²) in [5, 5.41) is 15.3. The molecule has 1 aliphatic rings. The van der Waals surface area contributed by atoms with Gasteiger partial charge in [-0.05, 0) is 72.4 Å². The number of carbonyl (C=O) groups excluding carboxylic acids is 1. The Labute approximate surface area is 171 Å². The van der Waals surface area contributed by atoms with Gasteiger partial charge in [-0.25, -0.2) is 0 Å². The van der Waals surface area contributed by atoms with Crippen LogP contribution in [-0.4, -0.2) is 32.2 Å². The van der Waals surface area contributed by atoms with Gasteiger partial charge in [-0.1, -0.05) is 43.7 Å². The van der Waals surface area contributed by atoms with E-state index < -0.39 is 0 Å². The smallest absolute Gasteiger partial charge is 0.251 e. The monoisotopic (exact) mass is 389 g/mol. The first-order valence-corrected chi connectivity index (χ1v) is 10.2. The summed E-state index contributed by atoms with van der Waals surface area (Å²) in [5.74, 6) is 1.48. The van der Waals surface area contributed by atoms with Gasteiger partial charge in [0.15, 0.2) is 5.82 Å². The summed E-state index contributed by atoms with van der Waals surface area (Å²) in [7, 11) is 0. The lowest BCUT2D eigenvalue weighted by Gasteiger charge is -2.15. The highest BCUT2D eigenvalue weighted by atomic mass is 16.1. The number of aryl methyl sites for hydroxylation is 1. The van der Waals surface area contributed by atoms with Crippen molar-refractivity contribution in [3.8, 4) is 16.8 Å². The summed E-state index contributed by atoms with van der Waals surface area (Å²) in [5.41, 5.74) is 4.64. The van der Waals surface area contributed by atoms with Crippen molar-refractivity contribution in [1.82, 2.24) is 25.5 Å². The van der Waals surface area contributed by atoms with Crippen molar-refractivity contribution in [1.29, 1.82) is 0 Å². The molecule has 1 heterocycles. The molecule has 4 rings (SSSR count). The number of carbonyl (C=O) groups is 1. The van der Waals surface area contributed by atoms with Crippen molar-refractivity contribution in [3.05, 3.63) is 59.4 Å². The quantitative estimate of drug-likeness (QED) is 0.683. The van der Waals surface area contributed by atoms with Gasteiger partial charge in [-0.3, -0.25) is 4.79 Å². The lowest BCUT2D eigenvalue weighted by molar-refractivity contribution is 0.0936. The fraction of sp³-hybridized carbons (Fsp3) is 0.391. The number of amides is 1. The Morgan fingerprint density at radius 3 is 2.45 bits per heavy atom. The minimum absolute atomic E-state index is 0.0567. The number of nitrogens with zero attached hydrogens (tertiary/aromatic N) is 4. The van der Waals surface area contributed by atoms with Crippen LogP contribution >= 0.6 is 0 Å². The molecule has 1 saturated carbocycles. The molecule has 6 heteroatoms. The fourth-order valence-electron chi connectivity index (χ4n) is 3.52. The normalized spacial score (nSPS) is 14.8. The average Bonchev–Trinajstić information content (AvgIpc) is 3.44. The predicted molar refractivity (Wildman–Crippen MR) is 113 cm³/mol. The minimum atomic E-state index is -0.0567. The van der Waals surface area contributed by atoms with Gasteiger partial charge in [0.25, 0.3) is 5.91 Å². The summed E-state index contributed by atoms with van der Waals surface area (Å²) in [4.78, 5) is 13.0. The lowest BCUT2D eigenvalue weighted by atomic mass is 10.00. The Hall–Kier alpha value is -3.02. The first-order chi connectivity index (χ1) is 13.9. The fourth-order valence-corrected chi connectivity index (χ4v) is 3.52. The number of nitrogens with one attached hydrogen (secondary N) is 1. The van der Waals surface area contributed by atoms with Crippen molar-refractivity contribution in [2.75, 3.05) is 0 Å². The van der Waals surface area contributed by atoms with Gasteiger partial charge in [0.1, 0.15) is 0 Å². The highest BCUT2D eigenvalue weighted by Gasteiger charge is 2.29. The number of tetrazole rings is 1. The Morgan fingerprint density at radius 2 is 1.79 bits per heavy atom. The molecule has 1 aliphatic carbocycles. The molecule has 2 aromatic carbocycles. The Morgan fingerprint density at radius 1 is 1.07 bits per heavy atom. The Kier molecular flexibility index (Phi) is 5.18. The molecule has 3 aromatic rings. The van der Waals surface area contributed by atoms with Crippen LogP contribution in [0, 0.1) is 12.8 Å². The molecule has 1 unspecified atom stereocenters. The van der Waals surface area contributed by atoms with Crippen LogP contribution in [0.25, 0.3) is 16.8 Å². The molecule has 0 bridgehead atoms. The number of benzene rings is 2. The van der Waals surface area contributed by atoms with Crippen LogP contribution in [0.2, 0.25) is 0 Å².